The molecule has 61 heavy (non-hydrogen) atoms. The van der Waals surface area contributed by atoms with Crippen LogP contribution in [0.15, 0.2) is 70.8 Å². The van der Waals surface area contributed by atoms with Crippen molar-refractivity contribution in [3.63, 3.8) is 0 Å². The molecule has 0 aliphatic carbocycles. The number of ether oxygens (including phenoxy) is 1. The molecule has 4 heterocycles. The second-order valence-electron chi connectivity index (χ2n) is 17.1. The highest BCUT2D eigenvalue weighted by Gasteiger charge is 2.56. The highest BCUT2D eigenvalue weighted by Crippen LogP contribution is 2.52. The van der Waals surface area contributed by atoms with Gasteiger partial charge in [-0.1, -0.05) is 84.5 Å². The lowest BCUT2D eigenvalue weighted by molar-refractivity contribution is -0.127. The van der Waals surface area contributed by atoms with Gasteiger partial charge >= 0.3 is 6.03 Å². The number of nitrogens with one attached hydrogen (secondary N) is 3. The lowest BCUT2D eigenvalue weighted by Crippen LogP contribution is -2.52. The van der Waals surface area contributed by atoms with Crippen molar-refractivity contribution in [2.75, 3.05) is 47.6 Å². The van der Waals surface area contributed by atoms with Crippen LogP contribution in [0, 0.1) is 0 Å². The zero-order valence-corrected chi connectivity index (χ0v) is 38.8. The Labute approximate surface area is 364 Å². The molecule has 6 rings (SSSR count). The van der Waals surface area contributed by atoms with Crippen LogP contribution in [0.1, 0.15) is 111 Å². The van der Waals surface area contributed by atoms with Crippen LogP contribution < -0.4 is 29.9 Å². The van der Waals surface area contributed by atoms with Crippen LogP contribution in [0.4, 0.5) is 22.0 Å². The summed E-state index contributed by atoms with van der Waals surface area (Å²) in [5.74, 6) is 1.33. The van der Waals surface area contributed by atoms with E-state index in [1.165, 1.54) is 22.1 Å². The molecule has 2 aliphatic rings. The molecule has 0 saturated carbocycles. The van der Waals surface area contributed by atoms with E-state index in [0.717, 1.165) is 35.2 Å². The molecule has 15 nitrogen and oxygen atoms in total. The van der Waals surface area contributed by atoms with Gasteiger partial charge in [0.25, 0.3) is 5.91 Å². The predicted octanol–water partition coefficient (Wildman–Crippen LogP) is 7.35. The first kappa shape index (κ1) is 45.5. The number of fused-ring (bicyclic) bond motifs is 3. The third-order valence-corrected chi connectivity index (χ3v) is 14.2. The van der Waals surface area contributed by atoms with Crippen molar-refractivity contribution >= 4 is 56.6 Å². The molecule has 0 saturated heterocycles. The van der Waals surface area contributed by atoms with E-state index in [-0.39, 0.29) is 35.7 Å². The highest BCUT2D eigenvalue weighted by atomic mass is 32.2. The van der Waals surface area contributed by atoms with Crippen molar-refractivity contribution < 1.29 is 22.7 Å². The largest absolute Gasteiger partial charge is 0.481 e. The second-order valence-corrected chi connectivity index (χ2v) is 20.2. The molecule has 328 valence electrons. The van der Waals surface area contributed by atoms with E-state index in [4.69, 9.17) is 24.9 Å². The second kappa shape index (κ2) is 17.8. The average Bonchev–Trinajstić information content (AvgIpc) is 3.71. The Morgan fingerprint density at radius 2 is 1.75 bits per heavy atom. The topological polar surface area (TPSA) is 176 Å². The molecule has 2 aromatic carbocycles. The number of carbonyl (C=O) groups excluding carboxylic acids is 2. The summed E-state index contributed by atoms with van der Waals surface area (Å²) in [4.78, 5) is 42.4. The fraction of sp³-hybridized carbons (Fsp3) is 0.500. The third kappa shape index (κ3) is 9.43. The van der Waals surface area contributed by atoms with Crippen LogP contribution in [0.2, 0.25) is 0 Å². The van der Waals surface area contributed by atoms with E-state index in [1.807, 2.05) is 62.1 Å². The standard InChI is InChI=1S/C44H60N10O5S2/c1-12-42(7,8)31-19-21-35(33(25-31)43(9,10)13-2)59-29(5)39(55)46-26-28(4)38-49-40-44(30(6)50-54(40)51-38)53(41(56)48-34-17-15-16-18-36(34)60-44)37-22-20-32(27-45-37)52(14-3)24-23-47-61(11,57)58/h15-22,25,27-29,47H,12-14,23-24,26H2,1-11H3,(H,46,55)(H,48,56). The average molecular weight is 873 g/mol. The molecule has 0 bridgehead atoms. The van der Waals surface area contributed by atoms with Crippen molar-refractivity contribution in [3.05, 3.63) is 83.6 Å². The third-order valence-electron chi connectivity index (χ3n) is 12.0. The molecule has 0 radical (unpaired) electrons. The van der Waals surface area contributed by atoms with Gasteiger partial charge in [-0.2, -0.15) is 5.10 Å². The molecule has 1 spiro atoms. The van der Waals surface area contributed by atoms with Gasteiger partial charge in [0, 0.05) is 42.6 Å². The van der Waals surface area contributed by atoms with E-state index in [0.29, 0.717) is 47.7 Å². The molecule has 4 aromatic rings. The highest BCUT2D eigenvalue weighted by molar-refractivity contribution is 8.01. The summed E-state index contributed by atoms with van der Waals surface area (Å²) in [7, 11) is -3.34. The van der Waals surface area contributed by atoms with Gasteiger partial charge in [0.1, 0.15) is 11.6 Å². The van der Waals surface area contributed by atoms with Gasteiger partial charge in [-0.25, -0.2) is 32.8 Å². The van der Waals surface area contributed by atoms with Gasteiger partial charge in [-0.05, 0) is 80.3 Å². The number of likely N-dealkylation sites (N-methyl/N-ethyl adjacent to an activating group) is 1. The monoisotopic (exact) mass is 872 g/mol. The summed E-state index contributed by atoms with van der Waals surface area (Å²) in [5.41, 5.74) is 4.15. The van der Waals surface area contributed by atoms with Crippen LogP contribution in [-0.2, 0) is 30.5 Å². The molecule has 3 unspecified atom stereocenters. The van der Waals surface area contributed by atoms with Crippen molar-refractivity contribution in [1.29, 1.82) is 0 Å². The molecule has 3 atom stereocenters. The number of nitrogens with zero attached hydrogens (tertiary/aromatic N) is 7. The molecule has 3 N–H and O–H groups in total. The Bertz CT molecular complexity index is 2400. The Hall–Kier alpha value is -5.00. The maximum atomic E-state index is 14.4. The SMILES string of the molecule is CCN(CCNS(C)(=O)=O)c1ccc(N2C(=O)Nc3ccccc3SC23C(C)=Nn2nc(C(C)CNC(=O)C(C)Oc4ccc(C(C)(C)CC)cc4C(C)(C)CC)nc23)nc1. The summed E-state index contributed by atoms with van der Waals surface area (Å²) in [6.07, 6.45) is 3.94. The Morgan fingerprint density at radius 1 is 1.03 bits per heavy atom. The quantitative estimate of drug-likeness (QED) is 0.0973. The van der Waals surface area contributed by atoms with Gasteiger partial charge in [-0.3, -0.25) is 4.79 Å². The van der Waals surface area contributed by atoms with Gasteiger partial charge < -0.3 is 20.3 Å². The van der Waals surface area contributed by atoms with Crippen molar-refractivity contribution in [2.45, 2.75) is 115 Å². The summed E-state index contributed by atoms with van der Waals surface area (Å²) in [5, 5.41) is 15.7. The summed E-state index contributed by atoms with van der Waals surface area (Å²) in [6.45, 7) is 22.2. The molecule has 17 heteroatoms. The Balaban J connectivity index is 1.25. The molecule has 2 aromatic heterocycles. The number of aromatic nitrogens is 4. The van der Waals surface area contributed by atoms with Crippen molar-refractivity contribution in [2.24, 2.45) is 5.10 Å². The van der Waals surface area contributed by atoms with E-state index in [9.17, 15) is 18.0 Å². The van der Waals surface area contributed by atoms with E-state index >= 15 is 0 Å². The van der Waals surface area contributed by atoms with E-state index in [2.05, 4.69) is 69.0 Å². The van der Waals surface area contributed by atoms with Gasteiger partial charge in [0.2, 0.25) is 14.9 Å². The number of pyridine rings is 1. The maximum Gasteiger partial charge on any atom is 0.329 e. The number of hydrogen-bond acceptors (Lipinski definition) is 11. The molecular formula is C44H60N10O5S2. The number of anilines is 3. The number of para-hydroxylation sites is 1. The van der Waals surface area contributed by atoms with Gasteiger partial charge in [-0.15, -0.1) is 9.89 Å². The van der Waals surface area contributed by atoms with E-state index in [1.54, 1.807) is 24.1 Å². The zero-order valence-electron chi connectivity index (χ0n) is 37.2. The lowest BCUT2D eigenvalue weighted by Gasteiger charge is -2.36. The first-order valence-electron chi connectivity index (χ1n) is 20.9. The van der Waals surface area contributed by atoms with Gasteiger partial charge in [0.15, 0.2) is 17.8 Å². The summed E-state index contributed by atoms with van der Waals surface area (Å²) < 4.78 is 32.2. The number of sulfonamides is 1. The Morgan fingerprint density at radius 3 is 2.41 bits per heavy atom. The smallest absolute Gasteiger partial charge is 0.329 e. The minimum Gasteiger partial charge on any atom is -0.481 e. The maximum absolute atomic E-state index is 14.4. The van der Waals surface area contributed by atoms with Crippen LogP contribution in [0.3, 0.4) is 0 Å². The first-order chi connectivity index (χ1) is 28.7. The zero-order chi connectivity index (χ0) is 44.5. The number of amides is 3. The van der Waals surface area contributed by atoms with E-state index < -0.39 is 27.0 Å². The normalized spacial score (nSPS) is 17.5. The number of urea groups is 1. The minimum atomic E-state index is -3.34. The number of hydrogen-bond donors (Lipinski definition) is 3. The number of benzene rings is 2. The number of thioether (sulfide) groups is 1. The number of rotatable bonds is 17. The molecule has 2 aliphatic heterocycles. The number of carbonyl (C=O) groups is 2. The van der Waals surface area contributed by atoms with Gasteiger partial charge in [0.05, 0.1) is 29.5 Å². The molecule has 3 amide bonds. The van der Waals surface area contributed by atoms with Crippen molar-refractivity contribution in [1.82, 2.24) is 29.9 Å². The first-order valence-corrected chi connectivity index (χ1v) is 23.6. The van der Waals surface area contributed by atoms with Crippen LogP contribution in [-0.4, -0.2) is 84.5 Å². The van der Waals surface area contributed by atoms with Crippen LogP contribution >= 0.6 is 11.8 Å². The summed E-state index contributed by atoms with van der Waals surface area (Å²) in [6, 6.07) is 17.1. The predicted molar refractivity (Wildman–Crippen MR) is 244 cm³/mol. The van der Waals surface area contributed by atoms with Crippen molar-refractivity contribution in [3.8, 4) is 5.75 Å². The lowest BCUT2D eigenvalue weighted by atomic mass is 9.76. The fourth-order valence-corrected chi connectivity index (χ4v) is 9.08. The Kier molecular flexibility index (Phi) is 13.3. The minimum absolute atomic E-state index is 0.00797. The van der Waals surface area contributed by atoms with Crippen LogP contribution in [0.25, 0.3) is 0 Å². The van der Waals surface area contributed by atoms with Crippen LogP contribution in [0.5, 0.6) is 5.75 Å². The summed E-state index contributed by atoms with van der Waals surface area (Å²) >= 11 is 1.42. The fourth-order valence-electron chi connectivity index (χ4n) is 7.25. The molecular weight excluding hydrogens is 813 g/mol. The molecule has 0 fully saturated rings.